The summed E-state index contributed by atoms with van der Waals surface area (Å²) in [4.78, 5) is 11.2. The van der Waals surface area contributed by atoms with Crippen LogP contribution in [-0.4, -0.2) is 21.4 Å². The number of hydrogen-bond donors (Lipinski definition) is 1. The molecule has 1 N–H and O–H groups in total. The molecule has 0 amide bonds. The minimum absolute atomic E-state index is 0.0195. The van der Waals surface area contributed by atoms with Gasteiger partial charge in [0.2, 0.25) is 0 Å². The first-order valence-electron chi connectivity index (χ1n) is 4.89. The molecular weight excluding hydrogens is 196 g/mol. The first-order chi connectivity index (χ1) is 6.88. The average Bonchev–Trinajstić information content (AvgIpc) is 2.51. The maximum absolute atomic E-state index is 11.2. The van der Waals surface area contributed by atoms with Crippen molar-refractivity contribution in [2.24, 2.45) is 11.3 Å². The van der Waals surface area contributed by atoms with Gasteiger partial charge in [-0.1, -0.05) is 24.2 Å². The normalized spacial score (nSPS) is 15.3. The summed E-state index contributed by atoms with van der Waals surface area (Å²) in [7, 11) is 0. The number of carbonyl (C=O) groups is 1. The molecule has 0 saturated heterocycles. The highest BCUT2D eigenvalue weighted by molar-refractivity contribution is 5.74. The molecule has 5 nitrogen and oxygen atoms in total. The Morgan fingerprint density at radius 2 is 2.13 bits per heavy atom. The van der Waals surface area contributed by atoms with Crippen molar-refractivity contribution in [3.63, 3.8) is 0 Å². The van der Waals surface area contributed by atoms with Gasteiger partial charge in [-0.05, 0) is 19.8 Å². The van der Waals surface area contributed by atoms with Gasteiger partial charge in [0.15, 0.2) is 0 Å². The Balaban J connectivity index is 2.95. The van der Waals surface area contributed by atoms with Crippen LogP contribution in [0.1, 0.15) is 32.2 Å². The summed E-state index contributed by atoms with van der Waals surface area (Å²) in [5.74, 6) is -0.800. The molecule has 0 aromatic carbocycles. The van der Waals surface area contributed by atoms with E-state index in [1.54, 1.807) is 13.8 Å². The van der Waals surface area contributed by atoms with Crippen LogP contribution in [0.4, 0.5) is 0 Å². The van der Waals surface area contributed by atoms with Crippen molar-refractivity contribution in [3.8, 4) is 0 Å². The average molecular weight is 212 g/mol. The molecule has 5 heteroatoms. The van der Waals surface area contributed by atoms with E-state index in [1.807, 2.05) is 13.8 Å². The second-order valence-electron chi connectivity index (χ2n) is 4.35. The molecule has 0 aliphatic heterocycles. The number of aromatic nitrogens is 2. The van der Waals surface area contributed by atoms with Crippen molar-refractivity contribution in [2.75, 3.05) is 0 Å². The van der Waals surface area contributed by atoms with Crippen LogP contribution >= 0.6 is 0 Å². The number of carboxylic acids is 1. The molecule has 1 atom stereocenters. The lowest BCUT2D eigenvalue weighted by Gasteiger charge is -2.27. The predicted molar refractivity (Wildman–Crippen MR) is 53.3 cm³/mol. The number of hydrogen-bond acceptors (Lipinski definition) is 4. The van der Waals surface area contributed by atoms with Crippen LogP contribution < -0.4 is 0 Å². The monoisotopic (exact) mass is 212 g/mol. The third-order valence-corrected chi connectivity index (χ3v) is 3.04. The zero-order valence-corrected chi connectivity index (χ0v) is 9.44. The van der Waals surface area contributed by atoms with Gasteiger partial charge in [0, 0.05) is 6.42 Å². The van der Waals surface area contributed by atoms with Gasteiger partial charge in [0.05, 0.1) is 5.41 Å². The highest BCUT2D eigenvalue weighted by Gasteiger charge is 2.38. The summed E-state index contributed by atoms with van der Waals surface area (Å²) in [6, 6.07) is 0. The Morgan fingerprint density at radius 3 is 2.47 bits per heavy atom. The Labute approximate surface area is 88.4 Å². The Bertz CT molecular complexity index is 359. The Hall–Kier alpha value is -1.39. The van der Waals surface area contributed by atoms with Gasteiger partial charge in [-0.15, -0.1) is 0 Å². The van der Waals surface area contributed by atoms with E-state index in [0.717, 1.165) is 0 Å². The smallest absolute Gasteiger partial charge is 0.310 e. The maximum atomic E-state index is 11.2. The van der Waals surface area contributed by atoms with Crippen LogP contribution in [0.2, 0.25) is 0 Å². The molecule has 0 radical (unpaired) electrons. The van der Waals surface area contributed by atoms with Gasteiger partial charge in [-0.3, -0.25) is 4.79 Å². The van der Waals surface area contributed by atoms with E-state index >= 15 is 0 Å². The van der Waals surface area contributed by atoms with Crippen LogP contribution in [0.3, 0.4) is 0 Å². The van der Waals surface area contributed by atoms with Crippen molar-refractivity contribution in [3.05, 3.63) is 11.4 Å². The van der Waals surface area contributed by atoms with Crippen molar-refractivity contribution >= 4 is 5.97 Å². The predicted octanol–water partition coefficient (Wildman–Crippen LogP) is 1.67. The summed E-state index contributed by atoms with van der Waals surface area (Å²) < 4.78 is 4.56. The first-order valence-corrected chi connectivity index (χ1v) is 4.89. The summed E-state index contributed by atoms with van der Waals surface area (Å²) in [5.41, 5.74) is 0.445. The SMILES string of the molecule is Cc1nonc1CC(C)(C(=O)O)C(C)C. The fourth-order valence-corrected chi connectivity index (χ4v) is 1.28. The van der Waals surface area contributed by atoms with E-state index in [1.165, 1.54) is 0 Å². The summed E-state index contributed by atoms with van der Waals surface area (Å²) in [6.07, 6.45) is 0.343. The molecule has 0 spiro atoms. The molecule has 0 saturated carbocycles. The van der Waals surface area contributed by atoms with Crippen molar-refractivity contribution in [1.82, 2.24) is 10.3 Å². The second kappa shape index (κ2) is 4.00. The van der Waals surface area contributed by atoms with E-state index < -0.39 is 11.4 Å². The molecule has 1 rings (SSSR count). The highest BCUT2D eigenvalue weighted by Crippen LogP contribution is 2.31. The standard InChI is InChI=1S/C10H16N2O3/c1-6(2)10(4,9(13)14)5-8-7(3)11-15-12-8/h6H,5H2,1-4H3,(H,13,14). The molecule has 0 bridgehead atoms. The number of aliphatic carboxylic acids is 1. The van der Waals surface area contributed by atoms with Crippen LogP contribution in [-0.2, 0) is 11.2 Å². The van der Waals surface area contributed by atoms with E-state index in [9.17, 15) is 9.90 Å². The maximum Gasteiger partial charge on any atom is 0.310 e. The van der Waals surface area contributed by atoms with Crippen LogP contribution in [0.15, 0.2) is 4.63 Å². The van der Waals surface area contributed by atoms with Gasteiger partial charge in [-0.2, -0.15) is 0 Å². The lowest BCUT2D eigenvalue weighted by molar-refractivity contribution is -0.150. The summed E-state index contributed by atoms with van der Waals surface area (Å²) in [5, 5.41) is 16.6. The number of aryl methyl sites for hydroxylation is 1. The van der Waals surface area contributed by atoms with Crippen LogP contribution in [0, 0.1) is 18.3 Å². The molecule has 0 fully saturated rings. The van der Waals surface area contributed by atoms with Crippen LogP contribution in [0.5, 0.6) is 0 Å². The molecule has 0 aliphatic rings. The van der Waals surface area contributed by atoms with E-state index in [0.29, 0.717) is 17.8 Å². The molecular formula is C10H16N2O3. The lowest BCUT2D eigenvalue weighted by atomic mass is 9.75. The van der Waals surface area contributed by atoms with Gasteiger partial charge >= 0.3 is 5.97 Å². The van der Waals surface area contributed by atoms with Crippen molar-refractivity contribution < 1.29 is 14.5 Å². The molecule has 84 valence electrons. The quantitative estimate of drug-likeness (QED) is 0.821. The topological polar surface area (TPSA) is 76.2 Å². The van der Waals surface area contributed by atoms with Gasteiger partial charge in [0.25, 0.3) is 0 Å². The third kappa shape index (κ3) is 2.16. The van der Waals surface area contributed by atoms with Gasteiger partial charge in [0.1, 0.15) is 11.4 Å². The molecule has 15 heavy (non-hydrogen) atoms. The lowest BCUT2D eigenvalue weighted by Crippen LogP contribution is -2.35. The third-order valence-electron chi connectivity index (χ3n) is 3.04. The second-order valence-corrected chi connectivity index (χ2v) is 4.35. The number of nitrogens with zero attached hydrogens (tertiary/aromatic N) is 2. The van der Waals surface area contributed by atoms with Crippen molar-refractivity contribution in [2.45, 2.75) is 34.1 Å². The summed E-state index contributed by atoms with van der Waals surface area (Å²) in [6.45, 7) is 7.25. The first kappa shape index (κ1) is 11.7. The highest BCUT2D eigenvalue weighted by atomic mass is 16.6. The van der Waals surface area contributed by atoms with Gasteiger partial charge in [-0.25, -0.2) is 4.63 Å². The molecule has 1 heterocycles. The Kier molecular flexibility index (Phi) is 3.12. The molecule has 1 unspecified atom stereocenters. The van der Waals surface area contributed by atoms with Crippen LogP contribution in [0.25, 0.3) is 0 Å². The number of rotatable bonds is 4. The fourth-order valence-electron chi connectivity index (χ4n) is 1.28. The minimum atomic E-state index is -0.830. The molecule has 1 aromatic rings. The van der Waals surface area contributed by atoms with Crippen molar-refractivity contribution in [1.29, 1.82) is 0 Å². The Morgan fingerprint density at radius 1 is 1.53 bits per heavy atom. The molecule has 1 aromatic heterocycles. The zero-order valence-electron chi connectivity index (χ0n) is 9.44. The summed E-state index contributed by atoms with van der Waals surface area (Å²) >= 11 is 0. The molecule has 0 aliphatic carbocycles. The van der Waals surface area contributed by atoms with E-state index in [4.69, 9.17) is 0 Å². The largest absolute Gasteiger partial charge is 0.481 e. The zero-order chi connectivity index (χ0) is 11.6. The van der Waals surface area contributed by atoms with E-state index in [-0.39, 0.29) is 5.92 Å². The van der Waals surface area contributed by atoms with E-state index in [2.05, 4.69) is 14.9 Å². The van der Waals surface area contributed by atoms with Gasteiger partial charge < -0.3 is 5.11 Å². The number of carboxylic acid groups (broad SMARTS) is 1. The minimum Gasteiger partial charge on any atom is -0.481 e. The fraction of sp³-hybridized carbons (Fsp3) is 0.700.